The number of aromatic amines is 1. The van der Waals surface area contributed by atoms with E-state index in [0.717, 1.165) is 22.2 Å². The van der Waals surface area contributed by atoms with Gasteiger partial charge in [0.1, 0.15) is 17.9 Å². The van der Waals surface area contributed by atoms with E-state index in [2.05, 4.69) is 44.9 Å². The van der Waals surface area contributed by atoms with E-state index in [0.29, 0.717) is 24.4 Å². The summed E-state index contributed by atoms with van der Waals surface area (Å²) < 4.78 is 10.8. The molecule has 3 aromatic carbocycles. The van der Waals surface area contributed by atoms with Crippen LogP contribution < -0.4 is 10.6 Å². The number of carbonyl (C=O) groups is 3. The van der Waals surface area contributed by atoms with Gasteiger partial charge in [0.05, 0.1) is 37.4 Å². The molecular weight excluding hydrogens is 610 g/mol. The number of alkyl carbamates (subject to hydrolysis) is 1. The summed E-state index contributed by atoms with van der Waals surface area (Å²) in [6.07, 6.45) is -0.703. The van der Waals surface area contributed by atoms with Gasteiger partial charge in [-0.15, -0.1) is 0 Å². The van der Waals surface area contributed by atoms with Gasteiger partial charge >= 0.3 is 12.2 Å². The number of aromatic nitrogens is 2. The number of hydrogen-bond donors (Lipinski definition) is 4. The molecule has 3 aliphatic rings. The molecule has 2 heterocycles. The Labute approximate surface area is 277 Å². The summed E-state index contributed by atoms with van der Waals surface area (Å²) in [4.78, 5) is 46.6. The number of morpholine rings is 1. The smallest absolute Gasteiger partial charge is 0.408 e. The summed E-state index contributed by atoms with van der Waals surface area (Å²) in [5.74, 6) is 0.173. The third-order valence-corrected chi connectivity index (χ3v) is 8.54. The van der Waals surface area contributed by atoms with Gasteiger partial charge in [0.25, 0.3) is 0 Å². The highest BCUT2D eigenvalue weighted by atomic mass is 16.5. The van der Waals surface area contributed by atoms with Crippen molar-refractivity contribution in [3.63, 3.8) is 0 Å². The van der Waals surface area contributed by atoms with Crippen LogP contribution in [0.2, 0.25) is 0 Å². The lowest BCUT2D eigenvalue weighted by Crippen LogP contribution is -2.47. The van der Waals surface area contributed by atoms with E-state index in [-0.39, 0.29) is 31.6 Å². The van der Waals surface area contributed by atoms with Crippen molar-refractivity contribution < 1.29 is 29.0 Å². The van der Waals surface area contributed by atoms with Crippen molar-refractivity contribution in [1.82, 2.24) is 20.2 Å². The molecule has 11 nitrogen and oxygen atoms in total. The monoisotopic (exact) mass is 647 g/mol. The van der Waals surface area contributed by atoms with Crippen LogP contribution in [-0.4, -0.2) is 70.5 Å². The van der Waals surface area contributed by atoms with Crippen LogP contribution in [-0.2, 0) is 27.1 Å². The number of methoxy groups -OCH3 is 1. The normalized spacial score (nSPS) is 16.6. The maximum absolute atomic E-state index is 13.3. The van der Waals surface area contributed by atoms with Crippen LogP contribution in [0.5, 0.6) is 0 Å². The van der Waals surface area contributed by atoms with Gasteiger partial charge in [-0.3, -0.25) is 9.69 Å². The fourth-order valence-electron chi connectivity index (χ4n) is 5.78. The molecule has 1 aromatic heterocycles. The number of amides is 3. The highest BCUT2D eigenvalue weighted by molar-refractivity contribution is 5.97. The molecule has 48 heavy (non-hydrogen) atoms. The molecule has 4 aromatic rings. The fourth-order valence-corrected chi connectivity index (χ4v) is 5.78. The zero-order chi connectivity index (χ0) is 33.5. The summed E-state index contributed by atoms with van der Waals surface area (Å²) in [5, 5.41) is 15.5. The highest BCUT2D eigenvalue weighted by Gasteiger charge is 2.35. The van der Waals surface area contributed by atoms with E-state index in [9.17, 15) is 19.5 Å². The molecule has 0 radical (unpaired) electrons. The molecule has 1 saturated heterocycles. The lowest BCUT2D eigenvalue weighted by molar-refractivity contribution is -0.118. The Hall–Kier alpha value is -5.68. The van der Waals surface area contributed by atoms with Crippen molar-refractivity contribution in [2.75, 3.05) is 25.6 Å². The van der Waals surface area contributed by atoms with Crippen molar-refractivity contribution in [3.8, 4) is 11.1 Å². The summed E-state index contributed by atoms with van der Waals surface area (Å²) in [5.41, 5.74) is 6.83. The summed E-state index contributed by atoms with van der Waals surface area (Å²) in [6.45, 7) is 0.364. The van der Waals surface area contributed by atoms with Gasteiger partial charge in [0.15, 0.2) is 0 Å². The molecule has 3 amide bonds. The van der Waals surface area contributed by atoms with Gasteiger partial charge in [-0.25, -0.2) is 14.6 Å². The highest BCUT2D eigenvalue weighted by Crippen LogP contribution is 2.30. The number of rotatable bonds is 9. The van der Waals surface area contributed by atoms with Gasteiger partial charge < -0.3 is 30.2 Å². The second-order valence-electron chi connectivity index (χ2n) is 11.7. The Kier molecular flexibility index (Phi) is 9.96. The molecule has 1 unspecified atom stereocenters. The van der Waals surface area contributed by atoms with Crippen molar-refractivity contribution in [2.45, 2.75) is 37.5 Å². The Morgan fingerprint density at radius 3 is 2.31 bits per heavy atom. The number of H-pyrrole nitrogens is 1. The van der Waals surface area contributed by atoms with Gasteiger partial charge in [-0.1, -0.05) is 84.9 Å². The fraction of sp³-hybridized carbons (Fsp3) is 0.243. The quantitative estimate of drug-likeness (QED) is 0.146. The number of imidazole rings is 1. The van der Waals surface area contributed by atoms with Gasteiger partial charge in [-0.2, -0.15) is 0 Å². The largest absolute Gasteiger partial charge is 0.465 e. The first-order valence-corrected chi connectivity index (χ1v) is 15.8. The van der Waals surface area contributed by atoms with Gasteiger partial charge in [-0.05, 0) is 53.3 Å². The Bertz CT molecular complexity index is 1820. The average molecular weight is 648 g/mol. The van der Waals surface area contributed by atoms with E-state index in [1.165, 1.54) is 23.1 Å². The number of benzene rings is 4. The maximum Gasteiger partial charge on any atom is 0.408 e. The second kappa shape index (κ2) is 14.8. The molecule has 7 rings (SSSR count). The van der Waals surface area contributed by atoms with Crippen LogP contribution in [0.25, 0.3) is 22.2 Å². The molecule has 2 aliphatic carbocycles. The number of nitrogens with one attached hydrogen (secondary N) is 3. The minimum absolute atomic E-state index is 0.176. The number of nitrogens with zero attached hydrogens (tertiary/aromatic N) is 2. The van der Waals surface area contributed by atoms with E-state index >= 15 is 0 Å². The summed E-state index contributed by atoms with van der Waals surface area (Å²) >= 11 is 0. The topological polar surface area (TPSA) is 146 Å². The first-order valence-electron chi connectivity index (χ1n) is 15.8. The molecule has 0 spiro atoms. The first-order chi connectivity index (χ1) is 23.4. The molecule has 11 heteroatoms. The standard InChI is InChI=1S/C31H33N5O6.C6H4/c1-41-30(38)35-26(17-20-9-3-2-4-10-20)29(37)34-23-12-6-5-11-21(23)15-16-22-18-36(31(39)40)27(19-42-22)28-32-24-13-7-8-14-25(24)33-28;1-2-6-4-3-5(1)6/h2-14,22,26-27H,15-19H2,1H3,(H,32,33)(H,34,37)(H,35,38)(H,39,40);1-4H/t22-,26?,27+;/m1./s1. The lowest BCUT2D eigenvalue weighted by Gasteiger charge is -2.37. The molecule has 1 fully saturated rings. The average Bonchev–Trinajstić information content (AvgIpc) is 3.54. The number of para-hydroxylation sites is 3. The second-order valence-corrected chi connectivity index (χ2v) is 11.7. The van der Waals surface area contributed by atoms with E-state index in [1.54, 1.807) is 6.07 Å². The van der Waals surface area contributed by atoms with Crippen LogP contribution in [0.15, 0.2) is 103 Å². The van der Waals surface area contributed by atoms with Crippen LogP contribution in [0.4, 0.5) is 15.3 Å². The molecule has 246 valence electrons. The third-order valence-electron chi connectivity index (χ3n) is 8.54. The molecule has 0 bridgehead atoms. The maximum atomic E-state index is 13.3. The SMILES string of the molecule is COC(=O)NC(Cc1ccccc1)C(=O)Nc1ccccc1CC[C@@H]1CN(C(=O)O)[C@H](c2nc3ccccc3[nH]2)CO1.c1cc2ccc1-2. The number of aryl methyl sites for hydroxylation is 1. The van der Waals surface area contributed by atoms with Crippen molar-refractivity contribution >= 4 is 34.8 Å². The Balaban J connectivity index is 0.000000593. The van der Waals surface area contributed by atoms with Crippen LogP contribution in [0, 0.1) is 0 Å². The molecule has 0 saturated carbocycles. The van der Waals surface area contributed by atoms with Crippen LogP contribution in [0.1, 0.15) is 29.4 Å². The minimum Gasteiger partial charge on any atom is -0.465 e. The number of ether oxygens (including phenoxy) is 2. The molecule has 1 aliphatic heterocycles. The third kappa shape index (κ3) is 7.64. The van der Waals surface area contributed by atoms with E-state index in [4.69, 9.17) is 9.47 Å². The number of hydrogen-bond acceptors (Lipinski definition) is 6. The van der Waals surface area contributed by atoms with Crippen molar-refractivity contribution in [1.29, 1.82) is 0 Å². The first kappa shape index (κ1) is 32.3. The van der Waals surface area contributed by atoms with E-state index < -0.39 is 24.3 Å². The zero-order valence-electron chi connectivity index (χ0n) is 26.5. The van der Waals surface area contributed by atoms with Crippen molar-refractivity contribution in [3.05, 3.63) is 120 Å². The summed E-state index contributed by atoms with van der Waals surface area (Å²) in [6, 6.07) is 31.4. The lowest BCUT2D eigenvalue weighted by atomic mass is 9.95. The molecule has 3 atom stereocenters. The Morgan fingerprint density at radius 2 is 1.65 bits per heavy atom. The predicted molar refractivity (Wildman–Crippen MR) is 182 cm³/mol. The molecular formula is C37H37N5O6. The van der Waals surface area contributed by atoms with E-state index in [1.807, 2.05) is 72.8 Å². The zero-order valence-corrected chi connectivity index (χ0v) is 26.5. The molecule has 4 N–H and O–H groups in total. The predicted octanol–water partition coefficient (Wildman–Crippen LogP) is 6.19. The Morgan fingerprint density at radius 1 is 0.958 bits per heavy atom. The number of anilines is 1. The summed E-state index contributed by atoms with van der Waals surface area (Å²) in [7, 11) is 1.25. The van der Waals surface area contributed by atoms with Crippen LogP contribution >= 0.6 is 0 Å². The minimum atomic E-state index is -1.04. The number of carboxylic acid groups (broad SMARTS) is 1. The van der Waals surface area contributed by atoms with Crippen molar-refractivity contribution in [2.24, 2.45) is 0 Å². The number of fused-ring (bicyclic) bond motifs is 2. The van der Waals surface area contributed by atoms with Gasteiger partial charge in [0, 0.05) is 12.1 Å². The van der Waals surface area contributed by atoms with Crippen LogP contribution in [0.3, 0.4) is 0 Å². The van der Waals surface area contributed by atoms with Gasteiger partial charge in [0.2, 0.25) is 5.91 Å². The number of carbonyl (C=O) groups excluding carboxylic acids is 2.